The third kappa shape index (κ3) is 8.02. The van der Waals surface area contributed by atoms with Crippen LogP contribution < -0.4 is 0 Å². The standard InChI is InChI=1S/C24H41ClO3/c1-6-8-9-10-11-12-16-22(24(26-3,27-4)28-5)18-17-20-14-13-15-21(19-20)23(25)7-2/h13-15,19,22-23H,6-12,16-18H2,1-5H3. The van der Waals surface area contributed by atoms with E-state index in [2.05, 4.69) is 38.1 Å². The van der Waals surface area contributed by atoms with E-state index in [-0.39, 0.29) is 11.3 Å². The van der Waals surface area contributed by atoms with E-state index in [1.165, 1.54) is 49.7 Å². The molecule has 1 aromatic carbocycles. The molecule has 0 radical (unpaired) electrons. The van der Waals surface area contributed by atoms with Crippen molar-refractivity contribution in [3.63, 3.8) is 0 Å². The summed E-state index contributed by atoms with van der Waals surface area (Å²) in [5, 5.41) is 0.0786. The summed E-state index contributed by atoms with van der Waals surface area (Å²) in [6, 6.07) is 8.63. The summed E-state index contributed by atoms with van der Waals surface area (Å²) in [6.07, 6.45) is 11.5. The lowest BCUT2D eigenvalue weighted by Crippen LogP contribution is -2.44. The quantitative estimate of drug-likeness (QED) is 0.162. The van der Waals surface area contributed by atoms with Crippen molar-refractivity contribution in [3.8, 4) is 0 Å². The van der Waals surface area contributed by atoms with E-state index in [0.717, 1.165) is 25.7 Å². The van der Waals surface area contributed by atoms with Gasteiger partial charge in [0.05, 0.1) is 5.38 Å². The minimum atomic E-state index is -0.973. The van der Waals surface area contributed by atoms with Gasteiger partial charge in [-0.2, -0.15) is 0 Å². The van der Waals surface area contributed by atoms with Crippen molar-refractivity contribution in [3.05, 3.63) is 35.4 Å². The Balaban J connectivity index is 2.74. The van der Waals surface area contributed by atoms with Crippen molar-refractivity contribution in [2.24, 2.45) is 5.92 Å². The molecule has 1 rings (SSSR count). The molecule has 0 spiro atoms. The van der Waals surface area contributed by atoms with E-state index >= 15 is 0 Å². The summed E-state index contributed by atoms with van der Waals surface area (Å²) >= 11 is 6.43. The van der Waals surface area contributed by atoms with Crippen LogP contribution in [0.5, 0.6) is 0 Å². The van der Waals surface area contributed by atoms with Gasteiger partial charge in [-0.05, 0) is 36.8 Å². The van der Waals surface area contributed by atoms with Crippen LogP contribution >= 0.6 is 11.6 Å². The lowest BCUT2D eigenvalue weighted by Gasteiger charge is -2.36. The molecular formula is C24H41ClO3. The number of unbranched alkanes of at least 4 members (excludes halogenated alkanes) is 5. The summed E-state index contributed by atoms with van der Waals surface area (Å²) < 4.78 is 17.1. The fourth-order valence-electron chi connectivity index (χ4n) is 3.94. The molecule has 0 bridgehead atoms. The molecule has 0 amide bonds. The predicted octanol–water partition coefficient (Wildman–Crippen LogP) is 7.27. The molecular weight excluding hydrogens is 372 g/mol. The molecule has 2 atom stereocenters. The maximum absolute atomic E-state index is 6.43. The number of alkyl halides is 1. The summed E-state index contributed by atoms with van der Waals surface area (Å²) in [4.78, 5) is 0. The van der Waals surface area contributed by atoms with Crippen LogP contribution in [0.1, 0.15) is 88.1 Å². The molecule has 4 heteroatoms. The van der Waals surface area contributed by atoms with Gasteiger partial charge in [-0.25, -0.2) is 0 Å². The maximum Gasteiger partial charge on any atom is 0.285 e. The first-order valence-corrected chi connectivity index (χ1v) is 11.4. The number of hydrogen-bond donors (Lipinski definition) is 0. The SMILES string of the molecule is CCCCCCCCC(CCc1cccc(C(Cl)CC)c1)C(OC)(OC)OC. The number of benzene rings is 1. The molecule has 0 aliphatic rings. The smallest absolute Gasteiger partial charge is 0.285 e. The molecule has 0 fully saturated rings. The molecule has 2 unspecified atom stereocenters. The number of hydrogen-bond acceptors (Lipinski definition) is 3. The number of halogens is 1. The summed E-state index contributed by atoms with van der Waals surface area (Å²) in [5.41, 5.74) is 2.51. The van der Waals surface area contributed by atoms with Gasteiger partial charge >= 0.3 is 0 Å². The molecule has 0 saturated heterocycles. The Bertz CT molecular complexity index is 508. The Morgan fingerprint density at radius 2 is 1.54 bits per heavy atom. The molecule has 0 heterocycles. The van der Waals surface area contributed by atoms with Crippen LogP contribution in [0.4, 0.5) is 0 Å². The van der Waals surface area contributed by atoms with Gasteiger partial charge in [-0.3, -0.25) is 0 Å². The van der Waals surface area contributed by atoms with Gasteiger partial charge in [0.25, 0.3) is 5.97 Å². The van der Waals surface area contributed by atoms with Gasteiger partial charge < -0.3 is 14.2 Å². The second kappa shape index (κ2) is 14.4. The van der Waals surface area contributed by atoms with E-state index in [1.807, 2.05) is 0 Å². The highest BCUT2D eigenvalue weighted by Crippen LogP contribution is 2.33. The Hall–Kier alpha value is -0.610. The molecule has 0 aliphatic heterocycles. The third-order valence-electron chi connectivity index (χ3n) is 5.71. The zero-order valence-corrected chi connectivity index (χ0v) is 19.4. The van der Waals surface area contributed by atoms with Crippen molar-refractivity contribution in [2.75, 3.05) is 21.3 Å². The van der Waals surface area contributed by atoms with Gasteiger partial charge in [0.1, 0.15) is 0 Å². The minimum absolute atomic E-state index is 0.0786. The van der Waals surface area contributed by atoms with Crippen LogP contribution in [0.3, 0.4) is 0 Å². The van der Waals surface area contributed by atoms with Crippen LogP contribution in [0, 0.1) is 5.92 Å². The Kier molecular flexibility index (Phi) is 13.1. The van der Waals surface area contributed by atoms with E-state index < -0.39 is 5.97 Å². The fourth-order valence-corrected chi connectivity index (χ4v) is 4.07. The molecule has 0 N–H and O–H groups in total. The van der Waals surface area contributed by atoms with Crippen LogP contribution in [0.2, 0.25) is 0 Å². The van der Waals surface area contributed by atoms with E-state index in [4.69, 9.17) is 25.8 Å². The molecule has 0 aliphatic carbocycles. The highest BCUT2D eigenvalue weighted by atomic mass is 35.5. The zero-order chi connectivity index (χ0) is 20.8. The van der Waals surface area contributed by atoms with Crippen molar-refractivity contribution >= 4 is 11.6 Å². The van der Waals surface area contributed by atoms with Gasteiger partial charge in [0.15, 0.2) is 0 Å². The molecule has 28 heavy (non-hydrogen) atoms. The maximum atomic E-state index is 6.43. The Morgan fingerprint density at radius 3 is 2.14 bits per heavy atom. The van der Waals surface area contributed by atoms with Crippen LogP contribution in [0.25, 0.3) is 0 Å². The van der Waals surface area contributed by atoms with Gasteiger partial charge in [0.2, 0.25) is 0 Å². The van der Waals surface area contributed by atoms with Gasteiger partial charge in [-0.1, -0.05) is 76.6 Å². The first-order valence-electron chi connectivity index (χ1n) is 10.9. The monoisotopic (exact) mass is 412 g/mol. The first kappa shape index (κ1) is 25.4. The lowest BCUT2D eigenvalue weighted by molar-refractivity contribution is -0.380. The van der Waals surface area contributed by atoms with Crippen molar-refractivity contribution in [2.45, 2.75) is 89.4 Å². The number of methoxy groups -OCH3 is 3. The number of aryl methyl sites for hydroxylation is 1. The first-order chi connectivity index (χ1) is 13.6. The molecule has 1 aromatic rings. The Labute approximate surface area is 178 Å². The second-order valence-corrected chi connectivity index (χ2v) is 8.16. The summed E-state index contributed by atoms with van der Waals surface area (Å²) in [7, 11) is 5.00. The molecule has 0 saturated carbocycles. The van der Waals surface area contributed by atoms with Gasteiger partial charge in [0, 0.05) is 27.2 Å². The minimum Gasteiger partial charge on any atom is -0.331 e. The molecule has 0 aromatic heterocycles. The van der Waals surface area contributed by atoms with Crippen LogP contribution in [0.15, 0.2) is 24.3 Å². The van der Waals surface area contributed by atoms with Crippen molar-refractivity contribution < 1.29 is 14.2 Å². The largest absolute Gasteiger partial charge is 0.331 e. The summed E-state index contributed by atoms with van der Waals surface area (Å²) in [6.45, 7) is 4.37. The fraction of sp³-hybridized carbons (Fsp3) is 0.750. The topological polar surface area (TPSA) is 27.7 Å². The van der Waals surface area contributed by atoms with E-state index in [9.17, 15) is 0 Å². The number of ether oxygens (including phenoxy) is 3. The third-order valence-corrected chi connectivity index (χ3v) is 6.27. The zero-order valence-electron chi connectivity index (χ0n) is 18.6. The normalized spacial score (nSPS) is 14.2. The Morgan fingerprint density at radius 1 is 0.893 bits per heavy atom. The average Bonchev–Trinajstić information content (AvgIpc) is 2.74. The molecule has 162 valence electrons. The average molecular weight is 413 g/mol. The van der Waals surface area contributed by atoms with Crippen molar-refractivity contribution in [1.82, 2.24) is 0 Å². The van der Waals surface area contributed by atoms with E-state index in [0.29, 0.717) is 0 Å². The highest BCUT2D eigenvalue weighted by molar-refractivity contribution is 6.20. The van der Waals surface area contributed by atoms with Gasteiger partial charge in [-0.15, -0.1) is 11.6 Å². The molecule has 3 nitrogen and oxygen atoms in total. The predicted molar refractivity (Wildman–Crippen MR) is 119 cm³/mol. The van der Waals surface area contributed by atoms with Crippen molar-refractivity contribution in [1.29, 1.82) is 0 Å². The number of rotatable bonds is 16. The summed E-state index contributed by atoms with van der Waals surface area (Å²) in [5.74, 6) is -0.792. The highest BCUT2D eigenvalue weighted by Gasteiger charge is 2.39. The lowest BCUT2D eigenvalue weighted by atomic mass is 9.90. The van der Waals surface area contributed by atoms with Crippen LogP contribution in [-0.4, -0.2) is 27.3 Å². The van der Waals surface area contributed by atoms with Crippen LogP contribution in [-0.2, 0) is 20.6 Å². The van der Waals surface area contributed by atoms with E-state index in [1.54, 1.807) is 21.3 Å². The second-order valence-electron chi connectivity index (χ2n) is 7.63.